The summed E-state index contributed by atoms with van der Waals surface area (Å²) in [7, 11) is 6.21. The van der Waals surface area contributed by atoms with Crippen LogP contribution in [0.25, 0.3) is 11.4 Å². The summed E-state index contributed by atoms with van der Waals surface area (Å²) < 4.78 is 16.4. The van der Waals surface area contributed by atoms with Crippen molar-refractivity contribution in [1.82, 2.24) is 14.9 Å². The van der Waals surface area contributed by atoms with Gasteiger partial charge in [-0.25, -0.2) is 4.98 Å². The van der Waals surface area contributed by atoms with Crippen LogP contribution in [0.4, 0.5) is 0 Å². The van der Waals surface area contributed by atoms with Crippen molar-refractivity contribution in [2.75, 3.05) is 41.5 Å². The van der Waals surface area contributed by atoms with E-state index in [9.17, 15) is 14.7 Å². The fourth-order valence-electron chi connectivity index (χ4n) is 4.14. The number of carbonyl (C=O) groups is 1. The first-order valence-electron chi connectivity index (χ1n) is 10.9. The molecule has 2 N–H and O–H groups in total. The predicted molar refractivity (Wildman–Crippen MR) is 124 cm³/mol. The summed E-state index contributed by atoms with van der Waals surface area (Å²) >= 11 is 0. The molecular formula is C24H33N3O6. The van der Waals surface area contributed by atoms with Crippen LogP contribution in [0.1, 0.15) is 54.6 Å². The summed E-state index contributed by atoms with van der Waals surface area (Å²) in [5.41, 5.74) is 1.09. The van der Waals surface area contributed by atoms with Gasteiger partial charge in [-0.2, -0.15) is 0 Å². The zero-order chi connectivity index (χ0) is 24.5. The van der Waals surface area contributed by atoms with E-state index in [2.05, 4.69) is 30.7 Å². The van der Waals surface area contributed by atoms with Gasteiger partial charge < -0.3 is 29.2 Å². The van der Waals surface area contributed by atoms with Gasteiger partial charge in [0, 0.05) is 39.8 Å². The molecule has 0 saturated heterocycles. The highest BCUT2D eigenvalue weighted by atomic mass is 16.5. The number of rotatable bonds is 7. The first-order valence-corrected chi connectivity index (χ1v) is 10.9. The number of H-pyrrole nitrogens is 1. The molecule has 0 aromatic carbocycles. The van der Waals surface area contributed by atoms with Crippen molar-refractivity contribution in [2.24, 2.45) is 5.41 Å². The van der Waals surface area contributed by atoms with Crippen LogP contribution in [0.5, 0.6) is 17.4 Å². The molecule has 0 bridgehead atoms. The lowest BCUT2D eigenvalue weighted by Crippen LogP contribution is -2.33. The third-order valence-electron chi connectivity index (χ3n) is 5.88. The Balaban J connectivity index is 2.22. The third-order valence-corrected chi connectivity index (χ3v) is 5.88. The van der Waals surface area contributed by atoms with Gasteiger partial charge in [0.05, 0.1) is 25.1 Å². The molecule has 1 atom stereocenters. The smallest absolute Gasteiger partial charge is 0.265 e. The van der Waals surface area contributed by atoms with E-state index in [4.69, 9.17) is 14.2 Å². The minimum absolute atomic E-state index is 0.179. The van der Waals surface area contributed by atoms with Gasteiger partial charge in [0.1, 0.15) is 11.3 Å². The average Bonchev–Trinajstić information content (AvgIpc) is 2.74. The van der Waals surface area contributed by atoms with Gasteiger partial charge in [0.25, 0.3) is 17.3 Å². The van der Waals surface area contributed by atoms with E-state index in [-0.39, 0.29) is 28.5 Å². The zero-order valence-electron chi connectivity index (χ0n) is 20.4. The molecule has 1 aliphatic carbocycles. The summed E-state index contributed by atoms with van der Waals surface area (Å²) in [4.78, 5) is 34.3. The number of aromatic amines is 1. The number of aromatic nitrogens is 2. The normalized spacial score (nSPS) is 14.9. The average molecular weight is 460 g/mol. The van der Waals surface area contributed by atoms with Crippen LogP contribution in [0.2, 0.25) is 0 Å². The Hall–Kier alpha value is -3.07. The summed E-state index contributed by atoms with van der Waals surface area (Å²) in [6.45, 7) is 7.20. The molecule has 2 aromatic rings. The quantitative estimate of drug-likeness (QED) is 0.612. The lowest BCUT2D eigenvalue weighted by Gasteiger charge is -2.37. The van der Waals surface area contributed by atoms with Crippen LogP contribution >= 0.6 is 0 Å². The second-order valence-corrected chi connectivity index (χ2v) is 9.49. The van der Waals surface area contributed by atoms with Gasteiger partial charge >= 0.3 is 0 Å². The minimum Gasteiger partial charge on any atom is -0.507 e. The Bertz CT molecular complexity index is 1100. The Labute approximate surface area is 193 Å². The lowest BCUT2D eigenvalue weighted by molar-refractivity contribution is 0.0822. The SMILES string of the molecule is COCCCOc1cc2c(nc1OC)-c1[nH]c(=O)c(C(=O)N(C)C)c(O)c1C(C(C)(C)C)C2. The maximum Gasteiger partial charge on any atom is 0.265 e. The van der Waals surface area contributed by atoms with Gasteiger partial charge in [-0.1, -0.05) is 20.8 Å². The van der Waals surface area contributed by atoms with Crippen LogP contribution in [-0.4, -0.2) is 67.4 Å². The van der Waals surface area contributed by atoms with Crippen molar-refractivity contribution in [2.45, 2.75) is 39.5 Å². The molecule has 1 aliphatic rings. The Kier molecular flexibility index (Phi) is 7.02. The van der Waals surface area contributed by atoms with Crippen LogP contribution in [0.15, 0.2) is 10.9 Å². The van der Waals surface area contributed by atoms with Crippen LogP contribution in [0.3, 0.4) is 0 Å². The number of carbonyl (C=O) groups excluding carboxylic acids is 1. The fraction of sp³-hybridized carbons (Fsp3) is 0.542. The number of ether oxygens (including phenoxy) is 3. The van der Waals surface area contributed by atoms with E-state index in [0.29, 0.717) is 48.8 Å². The highest BCUT2D eigenvalue weighted by Crippen LogP contribution is 2.50. The highest BCUT2D eigenvalue weighted by molar-refractivity contribution is 5.97. The van der Waals surface area contributed by atoms with Gasteiger partial charge in [-0.3, -0.25) is 9.59 Å². The Morgan fingerprint density at radius 3 is 2.55 bits per heavy atom. The number of amides is 1. The maximum absolute atomic E-state index is 12.9. The number of hydrogen-bond donors (Lipinski definition) is 2. The number of nitrogens with zero attached hydrogens (tertiary/aromatic N) is 2. The maximum atomic E-state index is 12.9. The second kappa shape index (κ2) is 9.43. The number of fused-ring (bicyclic) bond motifs is 3. The number of nitrogens with one attached hydrogen (secondary N) is 1. The van der Waals surface area contributed by atoms with E-state index in [1.165, 1.54) is 26.1 Å². The minimum atomic E-state index is -0.661. The first kappa shape index (κ1) is 24.6. The molecule has 3 rings (SSSR count). The van der Waals surface area contributed by atoms with E-state index < -0.39 is 11.5 Å². The van der Waals surface area contributed by atoms with Crippen LogP contribution in [-0.2, 0) is 11.2 Å². The predicted octanol–water partition coefficient (Wildman–Crippen LogP) is 2.95. The number of pyridine rings is 2. The standard InChI is InChI=1S/C24H33N3O6/c1-24(2,3)14-11-13-12-15(33-10-8-9-31-6)22(32-7)26-18(13)19-16(14)20(28)17(21(29)25-19)23(30)27(4)5/h12,14H,8-11H2,1-7H3,(H2,25,28,29). The van der Waals surface area contributed by atoms with Crippen molar-refractivity contribution in [3.8, 4) is 28.8 Å². The summed E-state index contributed by atoms with van der Waals surface area (Å²) in [6.07, 6.45) is 1.26. The molecule has 2 heterocycles. The largest absolute Gasteiger partial charge is 0.507 e. The Morgan fingerprint density at radius 2 is 1.97 bits per heavy atom. The molecule has 0 saturated carbocycles. The first-order chi connectivity index (χ1) is 15.5. The van der Waals surface area contributed by atoms with Crippen LogP contribution < -0.4 is 15.0 Å². The van der Waals surface area contributed by atoms with Gasteiger partial charge in [0.15, 0.2) is 5.75 Å². The lowest BCUT2D eigenvalue weighted by atomic mass is 9.69. The van der Waals surface area contributed by atoms with E-state index in [1.807, 2.05) is 6.07 Å². The number of aromatic hydroxyl groups is 1. The molecule has 2 aromatic heterocycles. The topological polar surface area (TPSA) is 114 Å². The number of hydrogen-bond acceptors (Lipinski definition) is 7. The van der Waals surface area contributed by atoms with Crippen molar-refractivity contribution in [3.05, 3.63) is 33.1 Å². The molecule has 1 amide bonds. The molecule has 0 fully saturated rings. The molecule has 0 radical (unpaired) electrons. The van der Waals surface area contributed by atoms with Crippen molar-refractivity contribution < 1.29 is 24.1 Å². The second-order valence-electron chi connectivity index (χ2n) is 9.49. The molecule has 0 aliphatic heterocycles. The highest BCUT2D eigenvalue weighted by Gasteiger charge is 2.39. The molecule has 9 nitrogen and oxygen atoms in total. The van der Waals surface area contributed by atoms with Crippen molar-refractivity contribution in [3.63, 3.8) is 0 Å². The summed E-state index contributed by atoms with van der Waals surface area (Å²) in [5.74, 6) is -0.240. The van der Waals surface area contributed by atoms with E-state index in [1.54, 1.807) is 7.11 Å². The fourth-order valence-corrected chi connectivity index (χ4v) is 4.14. The third kappa shape index (κ3) is 4.68. The molecule has 1 unspecified atom stereocenters. The van der Waals surface area contributed by atoms with Crippen molar-refractivity contribution in [1.29, 1.82) is 0 Å². The van der Waals surface area contributed by atoms with E-state index in [0.717, 1.165) is 5.56 Å². The molecular weight excluding hydrogens is 426 g/mol. The summed E-state index contributed by atoms with van der Waals surface area (Å²) in [6, 6.07) is 1.88. The van der Waals surface area contributed by atoms with Gasteiger partial charge in [0.2, 0.25) is 0 Å². The molecule has 33 heavy (non-hydrogen) atoms. The van der Waals surface area contributed by atoms with E-state index >= 15 is 0 Å². The molecule has 9 heteroatoms. The molecule has 180 valence electrons. The monoisotopic (exact) mass is 459 g/mol. The zero-order valence-corrected chi connectivity index (χ0v) is 20.4. The van der Waals surface area contributed by atoms with Crippen LogP contribution in [0, 0.1) is 5.41 Å². The van der Waals surface area contributed by atoms with Gasteiger partial charge in [-0.15, -0.1) is 0 Å². The van der Waals surface area contributed by atoms with Gasteiger partial charge in [-0.05, 0) is 29.4 Å². The Morgan fingerprint density at radius 1 is 1.27 bits per heavy atom. The summed E-state index contributed by atoms with van der Waals surface area (Å²) in [5, 5.41) is 11.2. The molecule has 0 spiro atoms. The number of methoxy groups -OCH3 is 2. The van der Waals surface area contributed by atoms with Crippen molar-refractivity contribution >= 4 is 5.91 Å².